The van der Waals surface area contributed by atoms with E-state index in [9.17, 15) is 10.1 Å². The van der Waals surface area contributed by atoms with Crippen LogP contribution in [0.4, 0.5) is 5.69 Å². The molecule has 0 fully saturated rings. The maximum atomic E-state index is 10.6. The van der Waals surface area contributed by atoms with Crippen LogP contribution in [0.5, 0.6) is 0 Å². The molecular formula is C10H9NO2. The van der Waals surface area contributed by atoms with Crippen molar-refractivity contribution >= 4 is 5.69 Å². The zero-order chi connectivity index (χ0) is 10.0. The summed E-state index contributed by atoms with van der Waals surface area (Å²) in [5.74, 6) is 2.30. The van der Waals surface area contributed by atoms with Crippen LogP contribution >= 0.6 is 0 Å². The van der Waals surface area contributed by atoms with Crippen molar-refractivity contribution in [2.45, 2.75) is 13.8 Å². The first-order valence-electron chi connectivity index (χ1n) is 3.78. The number of terminal acetylenes is 1. The summed E-state index contributed by atoms with van der Waals surface area (Å²) in [5.41, 5.74) is 2.20. The van der Waals surface area contributed by atoms with Crippen molar-refractivity contribution in [3.63, 3.8) is 0 Å². The lowest BCUT2D eigenvalue weighted by molar-refractivity contribution is -0.385. The predicted octanol–water partition coefficient (Wildman–Crippen LogP) is 2.19. The summed E-state index contributed by atoms with van der Waals surface area (Å²) in [5, 5.41) is 10.6. The van der Waals surface area contributed by atoms with E-state index in [2.05, 4.69) is 5.92 Å². The first-order valence-corrected chi connectivity index (χ1v) is 3.78. The van der Waals surface area contributed by atoms with E-state index >= 15 is 0 Å². The maximum Gasteiger partial charge on any atom is 0.285 e. The molecule has 66 valence electrons. The summed E-state index contributed by atoms with van der Waals surface area (Å²) < 4.78 is 0. The maximum absolute atomic E-state index is 10.6. The Morgan fingerprint density at radius 1 is 1.38 bits per heavy atom. The molecule has 0 aliphatic rings. The highest BCUT2D eigenvalue weighted by molar-refractivity contribution is 5.54. The highest BCUT2D eigenvalue weighted by Crippen LogP contribution is 2.21. The van der Waals surface area contributed by atoms with Gasteiger partial charge in [0.2, 0.25) is 0 Å². The minimum absolute atomic E-state index is 0.00519. The number of nitro groups is 1. The molecule has 1 rings (SSSR count). The lowest BCUT2D eigenvalue weighted by Gasteiger charge is -2.01. The lowest BCUT2D eigenvalue weighted by atomic mass is 10.0. The molecule has 0 N–H and O–H groups in total. The fourth-order valence-electron chi connectivity index (χ4n) is 1.07. The van der Waals surface area contributed by atoms with E-state index in [1.165, 1.54) is 6.07 Å². The van der Waals surface area contributed by atoms with Crippen LogP contribution in [0.25, 0.3) is 0 Å². The Morgan fingerprint density at radius 2 is 1.92 bits per heavy atom. The average Bonchev–Trinajstić information content (AvgIpc) is 2.08. The predicted molar refractivity (Wildman–Crippen MR) is 50.5 cm³/mol. The van der Waals surface area contributed by atoms with Gasteiger partial charge in [0.15, 0.2) is 0 Å². The van der Waals surface area contributed by atoms with Gasteiger partial charge in [-0.05, 0) is 31.0 Å². The van der Waals surface area contributed by atoms with Crippen LogP contribution in [-0.2, 0) is 0 Å². The highest BCUT2D eigenvalue weighted by atomic mass is 16.6. The normalized spacial score (nSPS) is 9.31. The van der Waals surface area contributed by atoms with Gasteiger partial charge in [0.1, 0.15) is 5.56 Å². The molecule has 3 nitrogen and oxygen atoms in total. The molecule has 0 radical (unpaired) electrons. The number of nitrogens with zero attached hydrogens (tertiary/aromatic N) is 1. The van der Waals surface area contributed by atoms with Gasteiger partial charge in [-0.2, -0.15) is 0 Å². The van der Waals surface area contributed by atoms with Crippen LogP contribution in [0.1, 0.15) is 16.7 Å². The van der Waals surface area contributed by atoms with E-state index in [-0.39, 0.29) is 5.69 Å². The van der Waals surface area contributed by atoms with Crippen LogP contribution in [0, 0.1) is 36.3 Å². The van der Waals surface area contributed by atoms with Crippen LogP contribution < -0.4 is 0 Å². The molecule has 0 unspecified atom stereocenters. The third kappa shape index (κ3) is 1.67. The third-order valence-electron chi connectivity index (χ3n) is 1.96. The molecule has 0 aromatic heterocycles. The number of rotatable bonds is 1. The Balaban J connectivity index is 3.44. The molecule has 1 aromatic rings. The van der Waals surface area contributed by atoms with Crippen molar-refractivity contribution < 1.29 is 4.92 Å². The Bertz CT molecular complexity index is 402. The molecule has 0 bridgehead atoms. The SMILES string of the molecule is C#Cc1cc(C)c(C)cc1[N+](=O)[O-]. The smallest absolute Gasteiger partial charge is 0.258 e. The summed E-state index contributed by atoms with van der Waals surface area (Å²) in [7, 11) is 0. The molecule has 0 spiro atoms. The van der Waals surface area contributed by atoms with Crippen LogP contribution in [0.15, 0.2) is 12.1 Å². The van der Waals surface area contributed by atoms with E-state index < -0.39 is 4.92 Å². The zero-order valence-corrected chi connectivity index (χ0v) is 7.50. The molecule has 0 saturated heterocycles. The molecule has 0 atom stereocenters. The second-order valence-electron chi connectivity index (χ2n) is 2.86. The average molecular weight is 175 g/mol. The Kier molecular flexibility index (Phi) is 2.34. The van der Waals surface area contributed by atoms with Gasteiger partial charge in [0, 0.05) is 6.07 Å². The van der Waals surface area contributed by atoms with Gasteiger partial charge in [0.25, 0.3) is 5.69 Å². The zero-order valence-electron chi connectivity index (χ0n) is 7.50. The second kappa shape index (κ2) is 3.28. The van der Waals surface area contributed by atoms with Gasteiger partial charge < -0.3 is 0 Å². The van der Waals surface area contributed by atoms with Crippen molar-refractivity contribution in [3.8, 4) is 12.3 Å². The number of hydrogen-bond acceptors (Lipinski definition) is 2. The summed E-state index contributed by atoms with van der Waals surface area (Å²) >= 11 is 0. The van der Waals surface area contributed by atoms with Crippen molar-refractivity contribution in [3.05, 3.63) is 38.9 Å². The van der Waals surface area contributed by atoms with Gasteiger partial charge >= 0.3 is 0 Å². The van der Waals surface area contributed by atoms with Crippen molar-refractivity contribution in [1.29, 1.82) is 0 Å². The minimum atomic E-state index is -0.457. The Morgan fingerprint density at radius 3 is 2.38 bits per heavy atom. The van der Waals surface area contributed by atoms with Gasteiger partial charge in [-0.3, -0.25) is 10.1 Å². The summed E-state index contributed by atoms with van der Waals surface area (Å²) in [6.07, 6.45) is 5.15. The summed E-state index contributed by atoms with van der Waals surface area (Å²) in [6, 6.07) is 3.16. The molecule has 0 aliphatic heterocycles. The fourth-order valence-corrected chi connectivity index (χ4v) is 1.07. The topological polar surface area (TPSA) is 43.1 Å². The lowest BCUT2D eigenvalue weighted by Crippen LogP contribution is -1.94. The van der Waals surface area contributed by atoms with Crippen LogP contribution in [0.2, 0.25) is 0 Å². The van der Waals surface area contributed by atoms with Gasteiger partial charge in [-0.25, -0.2) is 0 Å². The van der Waals surface area contributed by atoms with Crippen molar-refractivity contribution in [1.82, 2.24) is 0 Å². The number of hydrogen-bond donors (Lipinski definition) is 0. The Hall–Kier alpha value is -1.82. The third-order valence-corrected chi connectivity index (χ3v) is 1.96. The molecule has 0 aliphatic carbocycles. The fraction of sp³-hybridized carbons (Fsp3) is 0.200. The van der Waals surface area contributed by atoms with Crippen LogP contribution in [-0.4, -0.2) is 4.92 Å². The van der Waals surface area contributed by atoms with E-state index in [0.29, 0.717) is 5.56 Å². The molecule has 0 saturated carbocycles. The van der Waals surface area contributed by atoms with Crippen molar-refractivity contribution in [2.24, 2.45) is 0 Å². The summed E-state index contributed by atoms with van der Waals surface area (Å²) in [6.45, 7) is 3.70. The van der Waals surface area contributed by atoms with Gasteiger partial charge in [-0.15, -0.1) is 6.42 Å². The van der Waals surface area contributed by atoms with Crippen molar-refractivity contribution in [2.75, 3.05) is 0 Å². The highest BCUT2D eigenvalue weighted by Gasteiger charge is 2.12. The number of nitro benzene ring substituents is 1. The standard InChI is InChI=1S/C10H9NO2/c1-4-9-5-7(2)8(3)6-10(9)11(12)13/h1,5-6H,2-3H3. The first-order chi connectivity index (χ1) is 6.06. The summed E-state index contributed by atoms with van der Waals surface area (Å²) in [4.78, 5) is 10.1. The van der Waals surface area contributed by atoms with Gasteiger partial charge in [-0.1, -0.05) is 5.92 Å². The van der Waals surface area contributed by atoms with E-state index in [1.807, 2.05) is 13.8 Å². The van der Waals surface area contributed by atoms with E-state index in [0.717, 1.165) is 11.1 Å². The second-order valence-corrected chi connectivity index (χ2v) is 2.86. The molecule has 13 heavy (non-hydrogen) atoms. The van der Waals surface area contributed by atoms with E-state index in [1.54, 1.807) is 6.07 Å². The molecular weight excluding hydrogens is 166 g/mol. The minimum Gasteiger partial charge on any atom is -0.258 e. The molecule has 1 aromatic carbocycles. The number of benzene rings is 1. The largest absolute Gasteiger partial charge is 0.285 e. The Labute approximate surface area is 76.5 Å². The number of aryl methyl sites for hydroxylation is 2. The first kappa shape index (κ1) is 9.27. The molecule has 3 heteroatoms. The monoisotopic (exact) mass is 175 g/mol. The van der Waals surface area contributed by atoms with E-state index in [4.69, 9.17) is 6.42 Å². The molecule has 0 amide bonds. The quantitative estimate of drug-likeness (QED) is 0.373. The van der Waals surface area contributed by atoms with Gasteiger partial charge in [0.05, 0.1) is 4.92 Å². The van der Waals surface area contributed by atoms with Crippen LogP contribution in [0.3, 0.4) is 0 Å². The molecule has 0 heterocycles.